The van der Waals surface area contributed by atoms with Crippen molar-refractivity contribution in [3.8, 4) is 28.4 Å². The largest absolute Gasteiger partial charge is 0.490 e. The molecule has 0 amide bonds. The fourth-order valence-electron chi connectivity index (χ4n) is 3.21. The Morgan fingerprint density at radius 2 is 1.86 bits per heavy atom. The fraction of sp³-hybridized carbons (Fsp3) is 0.273. The van der Waals surface area contributed by atoms with E-state index in [2.05, 4.69) is 0 Å². The van der Waals surface area contributed by atoms with Crippen molar-refractivity contribution in [2.75, 3.05) is 13.2 Å². The summed E-state index contributed by atoms with van der Waals surface area (Å²) in [7, 11) is 0. The average molecular weight is 395 g/mol. The van der Waals surface area contributed by atoms with E-state index in [1.54, 1.807) is 31.2 Å². The third-order valence-electron chi connectivity index (χ3n) is 4.67. The Bertz CT molecular complexity index is 1150. The molecule has 2 heterocycles. The second-order valence-corrected chi connectivity index (χ2v) is 6.94. The van der Waals surface area contributed by atoms with E-state index in [1.807, 2.05) is 6.07 Å². The van der Waals surface area contributed by atoms with Crippen LogP contribution in [0, 0.1) is 6.92 Å². The highest BCUT2D eigenvalue weighted by molar-refractivity contribution is 5.85. The lowest BCUT2D eigenvalue weighted by Crippen LogP contribution is -2.30. The first-order valence-electron chi connectivity index (χ1n) is 9.39. The molecule has 2 aromatic carbocycles. The summed E-state index contributed by atoms with van der Waals surface area (Å²) in [5.74, 6) is 1.43. The van der Waals surface area contributed by atoms with Crippen LogP contribution in [0.1, 0.15) is 19.1 Å². The van der Waals surface area contributed by atoms with Gasteiger partial charge in [0.05, 0.1) is 24.2 Å². The molecule has 0 spiro atoms. The first-order chi connectivity index (χ1) is 13.9. The van der Waals surface area contributed by atoms with Crippen molar-refractivity contribution in [3.63, 3.8) is 0 Å². The van der Waals surface area contributed by atoms with Crippen LogP contribution < -0.4 is 25.4 Å². The zero-order valence-electron chi connectivity index (χ0n) is 16.2. The maximum Gasteiger partial charge on any atom is 0.328 e. The number of aryl methyl sites for hydroxylation is 1. The summed E-state index contributed by atoms with van der Waals surface area (Å²) < 4.78 is 22.5. The topological polar surface area (TPSA) is 101 Å². The number of fused-ring (bicyclic) bond motifs is 2. The highest BCUT2D eigenvalue weighted by atomic mass is 16.5. The predicted octanol–water partition coefficient (Wildman–Crippen LogP) is 3.18. The summed E-state index contributed by atoms with van der Waals surface area (Å²) in [6, 6.07) is 9.31. The van der Waals surface area contributed by atoms with Gasteiger partial charge in [-0.05, 0) is 43.7 Å². The molecule has 2 N–H and O–H groups in total. The third-order valence-corrected chi connectivity index (χ3v) is 4.67. The van der Waals surface area contributed by atoms with Crippen LogP contribution in [0.4, 0.5) is 0 Å². The quantitative estimate of drug-likeness (QED) is 0.537. The van der Waals surface area contributed by atoms with Crippen LogP contribution in [0.2, 0.25) is 0 Å². The van der Waals surface area contributed by atoms with Crippen molar-refractivity contribution in [2.45, 2.75) is 26.3 Å². The summed E-state index contributed by atoms with van der Waals surface area (Å²) in [4.78, 5) is 24.9. The number of carbonyl (C=O) groups excluding carboxylic acids is 1. The number of benzene rings is 2. The van der Waals surface area contributed by atoms with Crippen LogP contribution >= 0.6 is 0 Å². The van der Waals surface area contributed by atoms with E-state index in [1.165, 1.54) is 13.0 Å². The Hall–Kier alpha value is -3.32. The Balaban J connectivity index is 1.77. The van der Waals surface area contributed by atoms with Gasteiger partial charge in [-0.15, -0.1) is 0 Å². The standard InChI is InChI=1S/C22H21NO6/c1-12(23)22(25)29-15-5-6-16-18(11-15)28-13(2)20(21(16)24)14-4-7-17-19(10-14)27-9-3-8-26-17/h4-7,10-12H,3,8-9,23H2,1-2H3. The van der Waals surface area contributed by atoms with Gasteiger partial charge in [-0.2, -0.15) is 0 Å². The Morgan fingerprint density at radius 1 is 1.10 bits per heavy atom. The maximum absolute atomic E-state index is 13.2. The number of ether oxygens (including phenoxy) is 3. The van der Waals surface area contributed by atoms with E-state index < -0.39 is 12.0 Å². The molecule has 3 aromatic rings. The van der Waals surface area contributed by atoms with Gasteiger partial charge in [0.15, 0.2) is 11.5 Å². The summed E-state index contributed by atoms with van der Waals surface area (Å²) in [5, 5.41) is 0.387. The SMILES string of the molecule is Cc1oc2cc(OC(=O)C(C)N)ccc2c(=O)c1-c1ccc2c(c1)OCCCO2. The van der Waals surface area contributed by atoms with E-state index in [9.17, 15) is 9.59 Å². The van der Waals surface area contributed by atoms with Crippen LogP contribution in [0.5, 0.6) is 17.2 Å². The first-order valence-corrected chi connectivity index (χ1v) is 9.39. The van der Waals surface area contributed by atoms with Gasteiger partial charge in [-0.1, -0.05) is 6.07 Å². The molecule has 0 saturated heterocycles. The van der Waals surface area contributed by atoms with Crippen molar-refractivity contribution in [1.82, 2.24) is 0 Å². The van der Waals surface area contributed by atoms with Gasteiger partial charge in [-0.25, -0.2) is 4.79 Å². The van der Waals surface area contributed by atoms with E-state index in [0.29, 0.717) is 52.6 Å². The lowest BCUT2D eigenvalue weighted by Gasteiger charge is -2.12. The Morgan fingerprint density at radius 3 is 2.62 bits per heavy atom. The molecule has 7 nitrogen and oxygen atoms in total. The molecular weight excluding hydrogens is 374 g/mol. The number of rotatable bonds is 3. The van der Waals surface area contributed by atoms with Crippen LogP contribution in [0.15, 0.2) is 45.6 Å². The number of esters is 1. The first kappa shape index (κ1) is 19.0. The summed E-state index contributed by atoms with van der Waals surface area (Å²) in [5.41, 5.74) is 6.82. The van der Waals surface area contributed by atoms with Gasteiger partial charge >= 0.3 is 5.97 Å². The number of hydrogen-bond donors (Lipinski definition) is 1. The minimum absolute atomic E-state index is 0.177. The van der Waals surface area contributed by atoms with Gasteiger partial charge in [0, 0.05) is 12.5 Å². The summed E-state index contributed by atoms with van der Waals surface area (Å²) in [6.45, 7) is 4.42. The summed E-state index contributed by atoms with van der Waals surface area (Å²) in [6.07, 6.45) is 0.803. The van der Waals surface area contributed by atoms with Gasteiger partial charge < -0.3 is 24.4 Å². The molecule has 1 aliphatic heterocycles. The molecule has 0 fully saturated rings. The normalized spacial score (nSPS) is 14.3. The minimum atomic E-state index is -0.749. The molecule has 1 aliphatic rings. The predicted molar refractivity (Wildman–Crippen MR) is 108 cm³/mol. The monoisotopic (exact) mass is 395 g/mol. The van der Waals surface area contributed by atoms with Crippen molar-refractivity contribution in [3.05, 3.63) is 52.4 Å². The molecule has 150 valence electrons. The number of carbonyl (C=O) groups is 1. The van der Waals surface area contributed by atoms with E-state index >= 15 is 0 Å². The minimum Gasteiger partial charge on any atom is -0.490 e. The van der Waals surface area contributed by atoms with Gasteiger partial charge in [0.2, 0.25) is 5.43 Å². The van der Waals surface area contributed by atoms with Gasteiger partial charge in [0.25, 0.3) is 0 Å². The van der Waals surface area contributed by atoms with Crippen molar-refractivity contribution in [2.24, 2.45) is 5.73 Å². The van der Waals surface area contributed by atoms with Crippen molar-refractivity contribution < 1.29 is 23.4 Å². The van der Waals surface area contributed by atoms with Crippen LogP contribution in [0.25, 0.3) is 22.1 Å². The van der Waals surface area contributed by atoms with Gasteiger partial charge in [-0.3, -0.25) is 4.79 Å². The van der Waals surface area contributed by atoms with E-state index in [-0.39, 0.29) is 11.2 Å². The molecule has 0 radical (unpaired) electrons. The second kappa shape index (κ2) is 7.60. The van der Waals surface area contributed by atoms with E-state index in [4.69, 9.17) is 24.4 Å². The zero-order chi connectivity index (χ0) is 20.5. The molecule has 0 bridgehead atoms. The van der Waals surface area contributed by atoms with Crippen LogP contribution in [0.3, 0.4) is 0 Å². The molecule has 1 aromatic heterocycles. The highest BCUT2D eigenvalue weighted by Gasteiger charge is 2.18. The summed E-state index contributed by atoms with van der Waals surface area (Å²) >= 11 is 0. The second-order valence-electron chi connectivity index (χ2n) is 6.94. The smallest absolute Gasteiger partial charge is 0.328 e. The van der Waals surface area contributed by atoms with Crippen molar-refractivity contribution >= 4 is 16.9 Å². The van der Waals surface area contributed by atoms with Crippen LogP contribution in [-0.4, -0.2) is 25.2 Å². The lowest BCUT2D eigenvalue weighted by atomic mass is 10.0. The van der Waals surface area contributed by atoms with Crippen LogP contribution in [-0.2, 0) is 4.79 Å². The van der Waals surface area contributed by atoms with Crippen molar-refractivity contribution in [1.29, 1.82) is 0 Å². The third kappa shape index (κ3) is 3.69. The molecule has 1 unspecified atom stereocenters. The molecule has 4 rings (SSSR count). The van der Waals surface area contributed by atoms with Gasteiger partial charge in [0.1, 0.15) is 23.1 Å². The average Bonchev–Trinajstić information content (AvgIpc) is 2.92. The molecule has 1 atom stereocenters. The fourth-order valence-corrected chi connectivity index (χ4v) is 3.21. The number of nitrogens with two attached hydrogens (primary N) is 1. The van der Waals surface area contributed by atoms with E-state index in [0.717, 1.165) is 6.42 Å². The molecule has 0 saturated carbocycles. The lowest BCUT2D eigenvalue weighted by molar-refractivity contribution is -0.135. The number of hydrogen-bond acceptors (Lipinski definition) is 7. The molecule has 29 heavy (non-hydrogen) atoms. The highest BCUT2D eigenvalue weighted by Crippen LogP contribution is 2.35. The Labute approximate surface area is 167 Å². The molecule has 0 aliphatic carbocycles. The maximum atomic E-state index is 13.2. The molecule has 7 heteroatoms. The molecular formula is C22H21NO6. The Kier molecular flexibility index (Phi) is 4.98. The zero-order valence-corrected chi connectivity index (χ0v) is 16.2.